The van der Waals surface area contributed by atoms with Crippen molar-refractivity contribution in [2.45, 2.75) is 38.6 Å². The number of nitrogens with one attached hydrogen (secondary N) is 1. The van der Waals surface area contributed by atoms with E-state index in [0.29, 0.717) is 11.5 Å². The fourth-order valence-electron chi connectivity index (χ4n) is 3.09. The third-order valence-corrected chi connectivity index (χ3v) is 4.83. The van der Waals surface area contributed by atoms with Gasteiger partial charge in [-0.3, -0.25) is 0 Å². The quantitative estimate of drug-likeness (QED) is 0.903. The Labute approximate surface area is 114 Å². The van der Waals surface area contributed by atoms with E-state index >= 15 is 0 Å². The van der Waals surface area contributed by atoms with Gasteiger partial charge >= 0.3 is 0 Å². The van der Waals surface area contributed by atoms with Gasteiger partial charge < -0.3 is 10.1 Å². The Balaban J connectivity index is 1.90. The topological polar surface area (TPSA) is 21.3 Å². The second-order valence-electron chi connectivity index (χ2n) is 5.70. The Morgan fingerprint density at radius 2 is 2.22 bits per heavy atom. The summed E-state index contributed by atoms with van der Waals surface area (Å²) in [7, 11) is 2.05. The van der Waals surface area contributed by atoms with Crippen LogP contribution in [-0.2, 0) is 12.8 Å². The standard InChI is InChI=1S/C15H20ClNO/c1-10(17-2)15(4-5-15)9-12-8-13(16)7-11-3-6-18-14(11)12/h7-8,10,17H,3-6,9H2,1-2H3. The Morgan fingerprint density at radius 1 is 1.44 bits per heavy atom. The molecule has 1 aliphatic heterocycles. The molecule has 18 heavy (non-hydrogen) atoms. The van der Waals surface area contributed by atoms with Crippen LogP contribution in [0.2, 0.25) is 5.02 Å². The zero-order valence-corrected chi connectivity index (χ0v) is 11.8. The molecule has 3 rings (SSSR count). The van der Waals surface area contributed by atoms with Crippen molar-refractivity contribution in [2.75, 3.05) is 13.7 Å². The highest BCUT2D eigenvalue weighted by Gasteiger charge is 2.47. The van der Waals surface area contributed by atoms with Crippen LogP contribution in [0.3, 0.4) is 0 Å². The molecule has 1 aliphatic carbocycles. The van der Waals surface area contributed by atoms with Gasteiger partial charge in [0.05, 0.1) is 6.61 Å². The molecular formula is C15H20ClNO. The fourth-order valence-corrected chi connectivity index (χ4v) is 3.35. The lowest BCUT2D eigenvalue weighted by molar-refractivity contribution is 0.337. The SMILES string of the molecule is CNC(C)C1(Cc2cc(Cl)cc3c2OCC3)CC1. The first-order chi connectivity index (χ1) is 8.64. The smallest absolute Gasteiger partial charge is 0.125 e. The summed E-state index contributed by atoms with van der Waals surface area (Å²) in [6.07, 6.45) is 4.68. The van der Waals surface area contributed by atoms with Crippen LogP contribution in [0.5, 0.6) is 5.75 Å². The van der Waals surface area contributed by atoms with Gasteiger partial charge in [-0.2, -0.15) is 0 Å². The largest absolute Gasteiger partial charge is 0.493 e. The van der Waals surface area contributed by atoms with E-state index in [2.05, 4.69) is 24.4 Å². The highest BCUT2D eigenvalue weighted by Crippen LogP contribution is 2.52. The lowest BCUT2D eigenvalue weighted by Gasteiger charge is -2.24. The zero-order valence-electron chi connectivity index (χ0n) is 11.1. The molecule has 2 nitrogen and oxygen atoms in total. The molecule has 0 aromatic heterocycles. The first-order valence-corrected chi connectivity index (χ1v) is 7.14. The minimum atomic E-state index is 0.416. The van der Waals surface area contributed by atoms with E-state index in [1.807, 2.05) is 7.05 Å². The molecule has 0 radical (unpaired) electrons. The van der Waals surface area contributed by atoms with Crippen molar-refractivity contribution in [3.8, 4) is 5.75 Å². The number of halogens is 1. The average molecular weight is 266 g/mol. The molecular weight excluding hydrogens is 246 g/mol. The van der Waals surface area contributed by atoms with Gasteiger partial charge in [0, 0.05) is 17.5 Å². The minimum absolute atomic E-state index is 0.416. The molecule has 1 atom stereocenters. The lowest BCUT2D eigenvalue weighted by Crippen LogP contribution is -2.33. The van der Waals surface area contributed by atoms with Crippen LogP contribution >= 0.6 is 11.6 Å². The number of benzene rings is 1. The van der Waals surface area contributed by atoms with Gasteiger partial charge in [0.25, 0.3) is 0 Å². The fraction of sp³-hybridized carbons (Fsp3) is 0.600. The van der Waals surface area contributed by atoms with Crippen molar-refractivity contribution in [1.82, 2.24) is 5.32 Å². The van der Waals surface area contributed by atoms with Crippen molar-refractivity contribution < 1.29 is 4.74 Å². The molecule has 0 amide bonds. The van der Waals surface area contributed by atoms with E-state index in [4.69, 9.17) is 16.3 Å². The van der Waals surface area contributed by atoms with Crippen molar-refractivity contribution >= 4 is 11.6 Å². The maximum absolute atomic E-state index is 6.22. The Hall–Kier alpha value is -0.730. The second kappa shape index (κ2) is 4.43. The maximum atomic E-state index is 6.22. The molecule has 0 saturated heterocycles. The molecule has 1 aromatic rings. The van der Waals surface area contributed by atoms with Crippen molar-refractivity contribution in [3.63, 3.8) is 0 Å². The van der Waals surface area contributed by atoms with Gasteiger partial charge in [-0.05, 0) is 61.9 Å². The average Bonchev–Trinajstić information content (AvgIpc) is 2.97. The van der Waals surface area contributed by atoms with Crippen LogP contribution in [0.1, 0.15) is 30.9 Å². The molecule has 0 bridgehead atoms. The van der Waals surface area contributed by atoms with E-state index in [1.165, 1.54) is 24.0 Å². The van der Waals surface area contributed by atoms with Gasteiger partial charge in [-0.15, -0.1) is 0 Å². The van der Waals surface area contributed by atoms with Gasteiger partial charge in [0.2, 0.25) is 0 Å². The minimum Gasteiger partial charge on any atom is -0.493 e. The molecule has 1 unspecified atom stereocenters. The predicted molar refractivity (Wildman–Crippen MR) is 74.5 cm³/mol. The van der Waals surface area contributed by atoms with Crippen LogP contribution < -0.4 is 10.1 Å². The summed E-state index contributed by atoms with van der Waals surface area (Å²) in [5, 5.41) is 4.25. The monoisotopic (exact) mass is 265 g/mol. The van der Waals surface area contributed by atoms with Crippen molar-refractivity contribution in [1.29, 1.82) is 0 Å². The van der Waals surface area contributed by atoms with E-state index < -0.39 is 0 Å². The van der Waals surface area contributed by atoms with Crippen LogP contribution in [0.15, 0.2) is 12.1 Å². The molecule has 0 spiro atoms. The normalized spacial score (nSPS) is 21.3. The van der Waals surface area contributed by atoms with E-state index in [0.717, 1.165) is 30.2 Å². The molecule has 3 heteroatoms. The number of hydrogen-bond donors (Lipinski definition) is 1. The van der Waals surface area contributed by atoms with E-state index in [1.54, 1.807) is 0 Å². The van der Waals surface area contributed by atoms with Crippen molar-refractivity contribution in [2.24, 2.45) is 5.41 Å². The molecule has 1 saturated carbocycles. The number of ether oxygens (including phenoxy) is 1. The second-order valence-corrected chi connectivity index (χ2v) is 6.14. The number of hydrogen-bond acceptors (Lipinski definition) is 2. The molecule has 98 valence electrons. The molecule has 1 heterocycles. The van der Waals surface area contributed by atoms with Crippen molar-refractivity contribution in [3.05, 3.63) is 28.3 Å². The number of rotatable bonds is 4. The van der Waals surface area contributed by atoms with Crippen LogP contribution in [-0.4, -0.2) is 19.7 Å². The summed E-state index contributed by atoms with van der Waals surface area (Å²) in [6.45, 7) is 3.08. The number of fused-ring (bicyclic) bond motifs is 1. The summed E-state index contributed by atoms with van der Waals surface area (Å²) in [4.78, 5) is 0. The van der Waals surface area contributed by atoms with Crippen LogP contribution in [0.25, 0.3) is 0 Å². The van der Waals surface area contributed by atoms with E-state index in [9.17, 15) is 0 Å². The third kappa shape index (κ3) is 2.02. The Kier molecular flexibility index (Phi) is 3.03. The zero-order chi connectivity index (χ0) is 12.8. The summed E-state index contributed by atoms with van der Waals surface area (Å²) < 4.78 is 5.79. The molecule has 1 N–H and O–H groups in total. The Morgan fingerprint density at radius 3 is 2.89 bits per heavy atom. The Bertz CT molecular complexity index is 468. The van der Waals surface area contributed by atoms with Gasteiger partial charge in [-0.25, -0.2) is 0 Å². The molecule has 1 aromatic carbocycles. The predicted octanol–water partition coefficient (Wildman–Crippen LogP) is 3.21. The molecule has 2 aliphatic rings. The van der Waals surface area contributed by atoms with Crippen LogP contribution in [0, 0.1) is 5.41 Å². The van der Waals surface area contributed by atoms with E-state index in [-0.39, 0.29) is 0 Å². The summed E-state index contributed by atoms with van der Waals surface area (Å²) >= 11 is 6.22. The highest BCUT2D eigenvalue weighted by molar-refractivity contribution is 6.30. The highest BCUT2D eigenvalue weighted by atomic mass is 35.5. The first kappa shape index (κ1) is 12.3. The van der Waals surface area contributed by atoms with Gasteiger partial charge in [-0.1, -0.05) is 11.6 Å². The van der Waals surface area contributed by atoms with Gasteiger partial charge in [0.15, 0.2) is 0 Å². The maximum Gasteiger partial charge on any atom is 0.125 e. The summed E-state index contributed by atoms with van der Waals surface area (Å²) in [6, 6.07) is 4.69. The summed E-state index contributed by atoms with van der Waals surface area (Å²) in [5.74, 6) is 1.11. The third-order valence-electron chi connectivity index (χ3n) is 4.61. The van der Waals surface area contributed by atoms with Crippen LogP contribution in [0.4, 0.5) is 0 Å². The summed E-state index contributed by atoms with van der Waals surface area (Å²) in [5.41, 5.74) is 3.00. The molecule has 1 fully saturated rings. The lowest BCUT2D eigenvalue weighted by atomic mass is 9.89. The first-order valence-electron chi connectivity index (χ1n) is 6.76. The van der Waals surface area contributed by atoms with Gasteiger partial charge in [0.1, 0.15) is 5.75 Å².